The molecule has 7 nitrogen and oxygen atoms in total. The van der Waals surface area contributed by atoms with Crippen molar-refractivity contribution in [3.8, 4) is 0 Å². The summed E-state index contributed by atoms with van der Waals surface area (Å²) in [5, 5.41) is 17.1. The molecule has 0 aliphatic rings. The van der Waals surface area contributed by atoms with E-state index in [0.717, 1.165) is 4.90 Å². The highest BCUT2D eigenvalue weighted by atomic mass is 16.5. The summed E-state index contributed by atoms with van der Waals surface area (Å²) >= 11 is 0. The van der Waals surface area contributed by atoms with E-state index in [1.807, 2.05) is 6.92 Å². The third-order valence-electron chi connectivity index (χ3n) is 1.89. The molecule has 0 fully saturated rings. The third-order valence-corrected chi connectivity index (χ3v) is 1.89. The Kier molecular flexibility index (Phi) is 7.70. The summed E-state index contributed by atoms with van der Waals surface area (Å²) in [5.74, 6) is -2.96. The van der Waals surface area contributed by atoms with Crippen molar-refractivity contribution in [2.24, 2.45) is 0 Å². The number of hydrogen-bond acceptors (Lipinski definition) is 4. The van der Waals surface area contributed by atoms with Crippen LogP contribution in [0.1, 0.15) is 19.8 Å². The average Bonchev–Trinajstić information content (AvgIpc) is 2.22. The van der Waals surface area contributed by atoms with Gasteiger partial charge in [-0.25, -0.2) is 0 Å². The molecule has 7 heteroatoms. The van der Waals surface area contributed by atoms with Crippen molar-refractivity contribution >= 4 is 17.8 Å². The molecule has 2 N–H and O–H groups in total. The molecule has 0 aliphatic heterocycles. The topological polar surface area (TPSA) is 104 Å². The minimum absolute atomic E-state index is 0.0839. The number of hydrogen-bond donors (Lipinski definition) is 2. The van der Waals surface area contributed by atoms with Crippen molar-refractivity contribution in [3.63, 3.8) is 0 Å². The predicted molar refractivity (Wildman–Crippen MR) is 57.6 cm³/mol. The molecule has 0 aromatic carbocycles. The van der Waals surface area contributed by atoms with Gasteiger partial charge in [0.2, 0.25) is 5.91 Å². The van der Waals surface area contributed by atoms with Gasteiger partial charge in [0.15, 0.2) is 0 Å². The summed E-state index contributed by atoms with van der Waals surface area (Å²) in [6.45, 7) is 1.57. The Labute approximate surface area is 99.0 Å². The second-order valence-electron chi connectivity index (χ2n) is 3.34. The zero-order valence-electron chi connectivity index (χ0n) is 9.72. The fourth-order valence-corrected chi connectivity index (χ4v) is 1.19. The maximum Gasteiger partial charge on any atom is 0.323 e. The zero-order valence-corrected chi connectivity index (χ0v) is 9.72. The van der Waals surface area contributed by atoms with Gasteiger partial charge < -0.3 is 19.8 Å². The van der Waals surface area contributed by atoms with Crippen molar-refractivity contribution < 1.29 is 29.3 Å². The number of carbonyl (C=O) groups is 3. The van der Waals surface area contributed by atoms with Gasteiger partial charge in [-0.1, -0.05) is 0 Å². The minimum atomic E-state index is -1.23. The van der Waals surface area contributed by atoms with Crippen LogP contribution in [0.4, 0.5) is 0 Å². The molecule has 0 bridgehead atoms. The van der Waals surface area contributed by atoms with Gasteiger partial charge >= 0.3 is 11.9 Å². The van der Waals surface area contributed by atoms with Crippen LogP contribution >= 0.6 is 0 Å². The minimum Gasteiger partial charge on any atom is -0.480 e. The van der Waals surface area contributed by atoms with Gasteiger partial charge in [0.25, 0.3) is 0 Å². The van der Waals surface area contributed by atoms with Crippen molar-refractivity contribution in [1.82, 2.24) is 4.90 Å². The predicted octanol–water partition coefficient (Wildman–Crippen LogP) is -0.199. The maximum absolute atomic E-state index is 11.5. The summed E-state index contributed by atoms with van der Waals surface area (Å²) < 4.78 is 5.02. The normalized spacial score (nSPS) is 9.94. The van der Waals surface area contributed by atoms with E-state index in [4.69, 9.17) is 14.9 Å². The van der Waals surface area contributed by atoms with Crippen LogP contribution in [0.2, 0.25) is 0 Å². The summed E-state index contributed by atoms with van der Waals surface area (Å²) in [6.07, 6.45) is 0.531. The van der Waals surface area contributed by atoms with Gasteiger partial charge in [-0.05, 0) is 13.3 Å². The van der Waals surface area contributed by atoms with Crippen LogP contribution in [-0.4, -0.2) is 59.3 Å². The number of rotatable bonds is 9. The van der Waals surface area contributed by atoms with E-state index in [1.54, 1.807) is 0 Å². The Hall–Kier alpha value is -1.63. The maximum atomic E-state index is 11.5. The van der Waals surface area contributed by atoms with Crippen LogP contribution in [0, 0.1) is 0 Å². The van der Waals surface area contributed by atoms with Crippen LogP contribution in [0.5, 0.6) is 0 Å². The zero-order chi connectivity index (χ0) is 13.3. The lowest BCUT2D eigenvalue weighted by molar-refractivity contribution is -0.149. The molecule has 0 saturated carbocycles. The molecule has 1 amide bonds. The molecular weight excluding hydrogens is 230 g/mol. The molecule has 0 radical (unpaired) electrons. The monoisotopic (exact) mass is 247 g/mol. The van der Waals surface area contributed by atoms with Crippen LogP contribution < -0.4 is 0 Å². The molecule has 0 atom stereocenters. The molecule has 0 aromatic rings. The third kappa shape index (κ3) is 8.21. The van der Waals surface area contributed by atoms with Crippen molar-refractivity contribution in [2.45, 2.75) is 19.8 Å². The van der Waals surface area contributed by atoms with E-state index in [-0.39, 0.29) is 6.42 Å². The molecule has 0 heterocycles. The summed E-state index contributed by atoms with van der Waals surface area (Å²) in [6, 6.07) is 0. The second kappa shape index (κ2) is 8.51. The van der Waals surface area contributed by atoms with Gasteiger partial charge in [0, 0.05) is 19.6 Å². The average molecular weight is 247 g/mol. The summed E-state index contributed by atoms with van der Waals surface area (Å²) in [5.41, 5.74) is 0. The molecule has 17 heavy (non-hydrogen) atoms. The fourth-order valence-electron chi connectivity index (χ4n) is 1.19. The molecule has 98 valence electrons. The van der Waals surface area contributed by atoms with Crippen LogP contribution in [0.25, 0.3) is 0 Å². The summed E-state index contributed by atoms with van der Waals surface area (Å²) in [7, 11) is 0. The van der Waals surface area contributed by atoms with E-state index >= 15 is 0 Å². The van der Waals surface area contributed by atoms with Crippen LogP contribution in [-0.2, 0) is 19.1 Å². The second-order valence-corrected chi connectivity index (χ2v) is 3.34. The highest BCUT2D eigenvalue weighted by molar-refractivity contribution is 5.85. The number of amides is 1. The highest BCUT2D eigenvalue weighted by Gasteiger charge is 2.18. The number of nitrogens with zero attached hydrogens (tertiary/aromatic N) is 1. The van der Waals surface area contributed by atoms with Gasteiger partial charge in [0.05, 0.1) is 0 Å². The lowest BCUT2D eigenvalue weighted by Gasteiger charge is -2.18. The molecule has 0 spiro atoms. The van der Waals surface area contributed by atoms with Crippen LogP contribution in [0.15, 0.2) is 0 Å². The number of carboxylic acid groups (broad SMARTS) is 2. The number of ether oxygens (including phenoxy) is 1. The highest BCUT2D eigenvalue weighted by Crippen LogP contribution is 1.99. The van der Waals surface area contributed by atoms with E-state index in [1.165, 1.54) is 0 Å². The number of aliphatic carboxylic acids is 2. The van der Waals surface area contributed by atoms with Crippen molar-refractivity contribution in [1.29, 1.82) is 0 Å². The first kappa shape index (κ1) is 15.4. The summed E-state index contributed by atoms with van der Waals surface area (Å²) in [4.78, 5) is 33.2. The smallest absolute Gasteiger partial charge is 0.323 e. The quantitative estimate of drug-likeness (QED) is 0.547. The Morgan fingerprint density at radius 3 is 2.06 bits per heavy atom. The van der Waals surface area contributed by atoms with Gasteiger partial charge in [-0.15, -0.1) is 0 Å². The van der Waals surface area contributed by atoms with E-state index < -0.39 is 30.9 Å². The molecule has 0 aromatic heterocycles. The van der Waals surface area contributed by atoms with Crippen molar-refractivity contribution in [3.05, 3.63) is 0 Å². The lowest BCUT2D eigenvalue weighted by atomic mass is 10.3. The number of carbonyl (C=O) groups excluding carboxylic acids is 1. The van der Waals surface area contributed by atoms with E-state index in [2.05, 4.69) is 0 Å². The SMILES string of the molecule is CCOCCCC(=O)N(CC(=O)O)CC(=O)O. The molecule has 0 aliphatic carbocycles. The van der Waals surface area contributed by atoms with Gasteiger partial charge in [-0.3, -0.25) is 14.4 Å². The van der Waals surface area contributed by atoms with E-state index in [9.17, 15) is 14.4 Å². The first-order valence-electron chi connectivity index (χ1n) is 5.26. The van der Waals surface area contributed by atoms with E-state index in [0.29, 0.717) is 19.6 Å². The molecule has 0 rings (SSSR count). The lowest BCUT2D eigenvalue weighted by Crippen LogP contribution is -2.39. The fraction of sp³-hybridized carbons (Fsp3) is 0.700. The Morgan fingerprint density at radius 1 is 1.12 bits per heavy atom. The number of carboxylic acids is 2. The Morgan fingerprint density at radius 2 is 1.65 bits per heavy atom. The molecule has 0 unspecified atom stereocenters. The Balaban J connectivity index is 4.12. The largest absolute Gasteiger partial charge is 0.480 e. The van der Waals surface area contributed by atoms with Gasteiger partial charge in [-0.2, -0.15) is 0 Å². The Bertz CT molecular complexity index is 262. The first-order valence-corrected chi connectivity index (χ1v) is 5.26. The molecule has 0 saturated heterocycles. The van der Waals surface area contributed by atoms with Crippen molar-refractivity contribution in [2.75, 3.05) is 26.3 Å². The standard InChI is InChI=1S/C10H17NO6/c1-2-17-5-3-4-8(12)11(6-9(13)14)7-10(15)16/h2-7H2,1H3,(H,13,14)(H,15,16). The van der Waals surface area contributed by atoms with Gasteiger partial charge in [0.1, 0.15) is 13.1 Å². The van der Waals surface area contributed by atoms with Crippen LogP contribution in [0.3, 0.4) is 0 Å². The molecular formula is C10H17NO6. The first-order chi connectivity index (χ1) is 7.97.